The molecule has 0 aliphatic heterocycles. The molecule has 2 aromatic carbocycles. The Kier molecular flexibility index (Phi) is 5.28. The molecule has 0 fully saturated rings. The van der Waals surface area contributed by atoms with Crippen LogP contribution < -0.4 is 4.72 Å². The van der Waals surface area contributed by atoms with Crippen LogP contribution >= 0.6 is 27.5 Å². The lowest BCUT2D eigenvalue weighted by molar-refractivity contribution is 0.585. The van der Waals surface area contributed by atoms with Gasteiger partial charge < -0.3 is 0 Å². The standard InChI is InChI=1S/C19H13BrClFN4O2S/c20-14-11-26(10-13-15(21)6-2-7-16(13)22)24-19(14)25-29(27,28)17-8-1-4-12-5-3-9-23-18(12)17/h1-9,11H,10H2,(H,24,25). The number of fused-ring (bicyclic) bond motifs is 1. The summed E-state index contributed by atoms with van der Waals surface area (Å²) >= 11 is 9.35. The van der Waals surface area contributed by atoms with Crippen molar-refractivity contribution in [1.29, 1.82) is 0 Å². The summed E-state index contributed by atoms with van der Waals surface area (Å²) < 4.78 is 44.2. The van der Waals surface area contributed by atoms with E-state index < -0.39 is 15.8 Å². The maximum absolute atomic E-state index is 14.0. The lowest BCUT2D eigenvalue weighted by Crippen LogP contribution is -2.15. The Morgan fingerprint density at radius 2 is 1.90 bits per heavy atom. The minimum Gasteiger partial charge on any atom is -0.265 e. The number of nitrogens with one attached hydrogen (secondary N) is 1. The lowest BCUT2D eigenvalue weighted by atomic mass is 10.2. The molecule has 0 atom stereocenters. The van der Waals surface area contributed by atoms with Crippen LogP contribution in [0.5, 0.6) is 0 Å². The number of aromatic nitrogens is 3. The quantitative estimate of drug-likeness (QED) is 0.430. The molecule has 2 aromatic heterocycles. The number of rotatable bonds is 5. The van der Waals surface area contributed by atoms with Crippen LogP contribution in [0.15, 0.2) is 70.3 Å². The highest BCUT2D eigenvalue weighted by molar-refractivity contribution is 9.10. The van der Waals surface area contributed by atoms with Gasteiger partial charge in [-0.05, 0) is 40.2 Å². The van der Waals surface area contributed by atoms with Crippen molar-refractivity contribution in [3.63, 3.8) is 0 Å². The van der Waals surface area contributed by atoms with Crippen LogP contribution in [0.1, 0.15) is 5.56 Å². The van der Waals surface area contributed by atoms with Gasteiger partial charge in [-0.3, -0.25) is 14.4 Å². The third-order valence-electron chi connectivity index (χ3n) is 4.22. The van der Waals surface area contributed by atoms with Gasteiger partial charge in [0.1, 0.15) is 10.7 Å². The maximum Gasteiger partial charge on any atom is 0.265 e. The van der Waals surface area contributed by atoms with E-state index in [2.05, 4.69) is 30.7 Å². The summed E-state index contributed by atoms with van der Waals surface area (Å²) in [5, 5.41) is 5.18. The van der Waals surface area contributed by atoms with E-state index in [1.165, 1.54) is 29.1 Å². The van der Waals surface area contributed by atoms with E-state index in [1.54, 1.807) is 36.5 Å². The number of para-hydroxylation sites is 1. The Morgan fingerprint density at radius 1 is 1.14 bits per heavy atom. The third kappa shape index (κ3) is 3.98. The van der Waals surface area contributed by atoms with Crippen LogP contribution in [0.3, 0.4) is 0 Å². The van der Waals surface area contributed by atoms with E-state index in [0.29, 0.717) is 15.4 Å². The van der Waals surface area contributed by atoms with Crippen molar-refractivity contribution >= 4 is 54.3 Å². The van der Waals surface area contributed by atoms with Gasteiger partial charge in [-0.1, -0.05) is 35.9 Å². The summed E-state index contributed by atoms with van der Waals surface area (Å²) in [7, 11) is -3.96. The average molecular weight is 496 g/mol. The zero-order valence-corrected chi connectivity index (χ0v) is 17.8. The molecule has 29 heavy (non-hydrogen) atoms. The van der Waals surface area contributed by atoms with Gasteiger partial charge in [0.15, 0.2) is 5.82 Å². The van der Waals surface area contributed by atoms with Gasteiger partial charge >= 0.3 is 0 Å². The fraction of sp³-hybridized carbons (Fsp3) is 0.0526. The van der Waals surface area contributed by atoms with E-state index in [0.717, 1.165) is 0 Å². The van der Waals surface area contributed by atoms with Gasteiger partial charge in [-0.25, -0.2) is 12.8 Å². The number of hydrogen-bond donors (Lipinski definition) is 1. The number of nitrogens with zero attached hydrogens (tertiary/aromatic N) is 3. The number of halogens is 3. The minimum absolute atomic E-state index is 0.0363. The maximum atomic E-state index is 14.0. The van der Waals surface area contributed by atoms with Crippen LogP contribution in [0, 0.1) is 5.82 Å². The molecule has 1 N–H and O–H groups in total. The molecule has 6 nitrogen and oxygen atoms in total. The van der Waals surface area contributed by atoms with Crippen LogP contribution in [-0.2, 0) is 16.6 Å². The summed E-state index contributed by atoms with van der Waals surface area (Å²) in [4.78, 5) is 4.22. The van der Waals surface area contributed by atoms with Crippen LogP contribution in [-0.4, -0.2) is 23.2 Å². The van der Waals surface area contributed by atoms with Crippen molar-refractivity contribution in [2.45, 2.75) is 11.4 Å². The van der Waals surface area contributed by atoms with Gasteiger partial charge in [0.05, 0.1) is 16.5 Å². The molecule has 0 saturated heterocycles. The number of pyridine rings is 1. The van der Waals surface area contributed by atoms with Crippen LogP contribution in [0.25, 0.3) is 10.9 Å². The first-order valence-corrected chi connectivity index (χ1v) is 11.0. The van der Waals surface area contributed by atoms with E-state index in [4.69, 9.17) is 11.6 Å². The Morgan fingerprint density at radius 3 is 2.69 bits per heavy atom. The fourth-order valence-electron chi connectivity index (χ4n) is 2.87. The Bertz CT molecular complexity index is 1300. The van der Waals surface area contributed by atoms with E-state index in [9.17, 15) is 12.8 Å². The summed E-state index contributed by atoms with van der Waals surface area (Å²) in [5.41, 5.74) is 0.619. The summed E-state index contributed by atoms with van der Waals surface area (Å²) in [5.74, 6) is -0.390. The number of benzene rings is 2. The van der Waals surface area contributed by atoms with Crippen LogP contribution in [0.2, 0.25) is 5.02 Å². The van der Waals surface area contributed by atoms with Crippen LogP contribution in [0.4, 0.5) is 10.2 Å². The summed E-state index contributed by atoms with van der Waals surface area (Å²) in [6.07, 6.45) is 3.08. The highest BCUT2D eigenvalue weighted by Crippen LogP contribution is 2.27. The largest absolute Gasteiger partial charge is 0.265 e. The molecule has 4 rings (SSSR count). The van der Waals surface area contributed by atoms with Gasteiger partial charge in [0.25, 0.3) is 10.0 Å². The zero-order valence-electron chi connectivity index (χ0n) is 14.7. The molecule has 0 bridgehead atoms. The molecule has 0 spiro atoms. The number of hydrogen-bond acceptors (Lipinski definition) is 4. The SMILES string of the molecule is O=S(=O)(Nc1nn(Cc2c(F)cccc2Cl)cc1Br)c1cccc2cccnc12. The molecule has 0 radical (unpaired) electrons. The molecule has 0 amide bonds. The first kappa shape index (κ1) is 19.8. The smallest absolute Gasteiger partial charge is 0.265 e. The van der Waals surface area contributed by atoms with Gasteiger partial charge in [-0.15, -0.1) is 0 Å². The molecule has 2 heterocycles. The average Bonchev–Trinajstić information content (AvgIpc) is 3.03. The van der Waals surface area contributed by atoms with E-state index >= 15 is 0 Å². The predicted molar refractivity (Wildman–Crippen MR) is 113 cm³/mol. The third-order valence-corrected chi connectivity index (χ3v) is 6.52. The topological polar surface area (TPSA) is 76.9 Å². The van der Waals surface area contributed by atoms with Crippen molar-refractivity contribution < 1.29 is 12.8 Å². The highest BCUT2D eigenvalue weighted by Gasteiger charge is 2.21. The molecule has 148 valence electrons. The van der Waals surface area contributed by atoms with E-state index in [1.807, 2.05) is 0 Å². The van der Waals surface area contributed by atoms with Crippen molar-refractivity contribution in [3.8, 4) is 0 Å². The fourth-order valence-corrected chi connectivity index (χ4v) is 4.83. The van der Waals surface area contributed by atoms with Gasteiger partial charge in [0.2, 0.25) is 0 Å². The monoisotopic (exact) mass is 494 g/mol. The summed E-state index contributed by atoms with van der Waals surface area (Å²) in [6.45, 7) is 0.0433. The Balaban J connectivity index is 1.66. The van der Waals surface area contributed by atoms with Crippen molar-refractivity contribution in [2.75, 3.05) is 4.72 Å². The van der Waals surface area contributed by atoms with Gasteiger partial charge in [-0.2, -0.15) is 5.10 Å². The summed E-state index contributed by atoms with van der Waals surface area (Å²) in [6, 6.07) is 12.8. The number of sulfonamides is 1. The first-order chi connectivity index (χ1) is 13.8. The first-order valence-electron chi connectivity index (χ1n) is 8.37. The normalized spacial score (nSPS) is 11.7. The Labute approximate surface area is 179 Å². The second-order valence-corrected chi connectivity index (χ2v) is 9.07. The van der Waals surface area contributed by atoms with E-state index in [-0.39, 0.29) is 27.8 Å². The molecule has 0 aliphatic carbocycles. The van der Waals surface area contributed by atoms with Gasteiger partial charge in [0, 0.05) is 28.4 Å². The number of anilines is 1. The molecular weight excluding hydrogens is 483 g/mol. The van der Waals surface area contributed by atoms with Crippen molar-refractivity contribution in [1.82, 2.24) is 14.8 Å². The lowest BCUT2D eigenvalue weighted by Gasteiger charge is -2.09. The molecule has 4 aromatic rings. The van der Waals surface area contributed by atoms with Crippen molar-refractivity contribution in [3.05, 3.63) is 81.8 Å². The molecule has 0 aliphatic rings. The minimum atomic E-state index is -3.96. The second-order valence-electron chi connectivity index (χ2n) is 6.16. The zero-order chi connectivity index (χ0) is 20.6. The predicted octanol–water partition coefficient (Wildman–Crippen LogP) is 4.84. The second kappa shape index (κ2) is 7.74. The van der Waals surface area contributed by atoms with Crippen molar-refractivity contribution in [2.24, 2.45) is 0 Å². The molecule has 0 saturated carbocycles. The molecule has 0 unspecified atom stereocenters. The molecular formula is C19H13BrClFN4O2S. The highest BCUT2D eigenvalue weighted by atomic mass is 79.9. The Hall–Kier alpha value is -2.49. The molecule has 10 heteroatoms.